The maximum Gasteiger partial charge on any atom is 0.343 e. The minimum Gasteiger partial charge on any atom is -0.427 e. The number of benzene rings is 3. The molecule has 3 aromatic rings. The molecule has 30 heavy (non-hydrogen) atoms. The summed E-state index contributed by atoms with van der Waals surface area (Å²) in [5.74, 6) is -0.288. The Morgan fingerprint density at radius 2 is 1.27 bits per heavy atom. The van der Waals surface area contributed by atoms with Crippen LogP contribution >= 0.6 is 0 Å². The third kappa shape index (κ3) is 6.01. The Kier molecular flexibility index (Phi) is 7.33. The smallest absolute Gasteiger partial charge is 0.343 e. The molecule has 0 aliphatic heterocycles. The molecule has 3 rings (SSSR count). The van der Waals surface area contributed by atoms with Gasteiger partial charge in [0.15, 0.2) is 0 Å². The lowest BCUT2D eigenvalue weighted by Gasteiger charge is -2.07. The highest BCUT2D eigenvalue weighted by Crippen LogP contribution is 2.22. The molecule has 0 fully saturated rings. The summed E-state index contributed by atoms with van der Waals surface area (Å²) >= 11 is 0. The van der Waals surface area contributed by atoms with Gasteiger partial charge in [-0.25, -0.2) is 9.18 Å². The van der Waals surface area contributed by atoms with Gasteiger partial charge in [0.2, 0.25) is 0 Å². The predicted octanol–water partition coefficient (Wildman–Crippen LogP) is 6.20. The number of unbranched alkanes of at least 4 members (excludes halogenated alkanes) is 2. The van der Waals surface area contributed by atoms with E-state index in [-0.39, 0.29) is 11.8 Å². The van der Waals surface area contributed by atoms with Crippen LogP contribution in [0.2, 0.25) is 0 Å². The van der Waals surface area contributed by atoms with Crippen LogP contribution in [0.25, 0.3) is 11.1 Å². The third-order valence-electron chi connectivity index (χ3n) is 4.55. The molecule has 0 saturated carbocycles. The van der Waals surface area contributed by atoms with Crippen molar-refractivity contribution in [1.29, 1.82) is 0 Å². The fraction of sp³-hybridized carbons (Fsp3) is 0.200. The first-order valence-corrected chi connectivity index (χ1v) is 9.94. The zero-order valence-corrected chi connectivity index (χ0v) is 16.8. The van der Waals surface area contributed by atoms with E-state index in [1.54, 1.807) is 60.7 Å². The van der Waals surface area contributed by atoms with Gasteiger partial charge in [0.25, 0.3) is 0 Å². The zero-order chi connectivity index (χ0) is 21.3. The van der Waals surface area contributed by atoms with Crippen molar-refractivity contribution in [3.8, 4) is 22.6 Å². The molecule has 0 atom stereocenters. The zero-order valence-electron chi connectivity index (χ0n) is 16.8. The molecule has 0 saturated heterocycles. The Morgan fingerprint density at radius 3 is 1.83 bits per heavy atom. The molecule has 5 heteroatoms. The third-order valence-corrected chi connectivity index (χ3v) is 4.55. The number of hydrogen-bond acceptors (Lipinski definition) is 4. The highest BCUT2D eigenvalue weighted by molar-refractivity contribution is 5.91. The highest BCUT2D eigenvalue weighted by atomic mass is 19.1. The molecule has 0 unspecified atom stereocenters. The monoisotopic (exact) mass is 406 g/mol. The number of halogens is 1. The first-order chi connectivity index (χ1) is 14.5. The Bertz CT molecular complexity index is 977. The average Bonchev–Trinajstić information content (AvgIpc) is 2.76. The molecule has 0 aliphatic carbocycles. The molecule has 0 aromatic heterocycles. The largest absolute Gasteiger partial charge is 0.427 e. The summed E-state index contributed by atoms with van der Waals surface area (Å²) in [4.78, 5) is 24.1. The maximum atomic E-state index is 13.0. The first-order valence-electron chi connectivity index (χ1n) is 9.94. The van der Waals surface area contributed by atoms with Gasteiger partial charge >= 0.3 is 11.9 Å². The number of rotatable bonds is 8. The van der Waals surface area contributed by atoms with Crippen LogP contribution in [-0.2, 0) is 4.79 Å². The summed E-state index contributed by atoms with van der Waals surface area (Å²) in [6.45, 7) is 2.07. The average molecular weight is 406 g/mol. The van der Waals surface area contributed by atoms with Gasteiger partial charge in [-0.15, -0.1) is 0 Å². The van der Waals surface area contributed by atoms with E-state index in [9.17, 15) is 14.0 Å². The van der Waals surface area contributed by atoms with Crippen molar-refractivity contribution < 1.29 is 23.5 Å². The molecule has 0 aliphatic rings. The molecule has 0 N–H and O–H groups in total. The summed E-state index contributed by atoms with van der Waals surface area (Å²) in [6.07, 6.45) is 3.24. The van der Waals surface area contributed by atoms with Gasteiger partial charge in [-0.2, -0.15) is 0 Å². The second kappa shape index (κ2) is 10.3. The molecule has 3 aromatic carbocycles. The van der Waals surface area contributed by atoms with E-state index in [2.05, 4.69) is 6.92 Å². The minimum absolute atomic E-state index is 0.269. The highest BCUT2D eigenvalue weighted by Gasteiger charge is 2.10. The van der Waals surface area contributed by atoms with Crippen LogP contribution in [0.15, 0.2) is 72.8 Å². The Hall–Kier alpha value is -3.47. The van der Waals surface area contributed by atoms with Crippen LogP contribution in [0.3, 0.4) is 0 Å². The maximum absolute atomic E-state index is 13.0. The number of hydrogen-bond donors (Lipinski definition) is 0. The normalized spacial score (nSPS) is 10.5. The van der Waals surface area contributed by atoms with E-state index < -0.39 is 5.97 Å². The van der Waals surface area contributed by atoms with Crippen LogP contribution in [0, 0.1) is 5.82 Å². The molecule has 4 nitrogen and oxygen atoms in total. The van der Waals surface area contributed by atoms with Crippen LogP contribution in [-0.4, -0.2) is 11.9 Å². The standard InChI is InChI=1S/C25H23FO4/c1-2-3-4-5-24(27)29-22-14-16-23(17-15-22)30-25(28)20-8-6-18(7-9-20)19-10-12-21(26)13-11-19/h6-17H,2-5H2,1H3. The molecular weight excluding hydrogens is 383 g/mol. The lowest BCUT2D eigenvalue weighted by atomic mass is 10.0. The fourth-order valence-electron chi connectivity index (χ4n) is 2.88. The van der Waals surface area contributed by atoms with Gasteiger partial charge in [0, 0.05) is 6.42 Å². The van der Waals surface area contributed by atoms with Crippen molar-refractivity contribution in [2.24, 2.45) is 0 Å². The number of esters is 2. The van der Waals surface area contributed by atoms with Gasteiger partial charge in [-0.1, -0.05) is 44.0 Å². The van der Waals surface area contributed by atoms with E-state index in [0.29, 0.717) is 23.5 Å². The summed E-state index contributed by atoms with van der Waals surface area (Å²) in [7, 11) is 0. The van der Waals surface area contributed by atoms with Crippen molar-refractivity contribution in [2.75, 3.05) is 0 Å². The van der Waals surface area contributed by atoms with Gasteiger partial charge in [0.05, 0.1) is 5.56 Å². The van der Waals surface area contributed by atoms with E-state index in [1.165, 1.54) is 12.1 Å². The molecular formula is C25H23FO4. The minimum atomic E-state index is -0.495. The van der Waals surface area contributed by atoms with E-state index in [4.69, 9.17) is 9.47 Å². The lowest BCUT2D eigenvalue weighted by Crippen LogP contribution is -2.09. The van der Waals surface area contributed by atoms with Gasteiger partial charge < -0.3 is 9.47 Å². The van der Waals surface area contributed by atoms with E-state index in [0.717, 1.165) is 30.4 Å². The first kappa shape index (κ1) is 21.2. The van der Waals surface area contributed by atoms with E-state index in [1.807, 2.05) is 0 Å². The number of ether oxygens (including phenoxy) is 2. The second-order valence-electron chi connectivity index (χ2n) is 6.88. The number of carbonyl (C=O) groups excluding carboxylic acids is 2. The van der Waals surface area contributed by atoms with Crippen LogP contribution in [0.5, 0.6) is 11.5 Å². The van der Waals surface area contributed by atoms with Gasteiger partial charge in [-0.05, 0) is 66.1 Å². The molecule has 0 amide bonds. The summed E-state index contributed by atoms with van der Waals surface area (Å²) in [5, 5.41) is 0. The fourth-order valence-corrected chi connectivity index (χ4v) is 2.88. The van der Waals surface area contributed by atoms with Gasteiger partial charge in [-0.3, -0.25) is 4.79 Å². The SMILES string of the molecule is CCCCCC(=O)Oc1ccc(OC(=O)c2ccc(-c3ccc(F)cc3)cc2)cc1. The topological polar surface area (TPSA) is 52.6 Å². The summed E-state index contributed by atoms with van der Waals surface area (Å²) in [6, 6.07) is 19.4. The van der Waals surface area contributed by atoms with Crippen LogP contribution in [0.1, 0.15) is 43.0 Å². The Labute approximate surface area is 175 Å². The Balaban J connectivity index is 1.56. The predicted molar refractivity (Wildman–Crippen MR) is 113 cm³/mol. The van der Waals surface area contributed by atoms with Crippen molar-refractivity contribution >= 4 is 11.9 Å². The van der Waals surface area contributed by atoms with Crippen LogP contribution < -0.4 is 9.47 Å². The van der Waals surface area contributed by atoms with Crippen LogP contribution in [0.4, 0.5) is 4.39 Å². The molecule has 154 valence electrons. The second-order valence-corrected chi connectivity index (χ2v) is 6.88. The molecule has 0 spiro atoms. The van der Waals surface area contributed by atoms with Crippen molar-refractivity contribution in [3.63, 3.8) is 0 Å². The summed E-state index contributed by atoms with van der Waals surface area (Å²) in [5.41, 5.74) is 2.13. The molecule has 0 bridgehead atoms. The number of carbonyl (C=O) groups is 2. The molecule has 0 radical (unpaired) electrons. The van der Waals surface area contributed by atoms with Crippen molar-refractivity contribution in [1.82, 2.24) is 0 Å². The lowest BCUT2D eigenvalue weighted by molar-refractivity contribution is -0.134. The van der Waals surface area contributed by atoms with E-state index >= 15 is 0 Å². The van der Waals surface area contributed by atoms with Gasteiger partial charge in [0.1, 0.15) is 17.3 Å². The molecule has 0 heterocycles. The Morgan fingerprint density at radius 1 is 0.733 bits per heavy atom. The van der Waals surface area contributed by atoms with Crippen molar-refractivity contribution in [2.45, 2.75) is 32.6 Å². The summed E-state index contributed by atoms with van der Waals surface area (Å²) < 4.78 is 23.7. The van der Waals surface area contributed by atoms with Crippen molar-refractivity contribution in [3.05, 3.63) is 84.2 Å². The quantitative estimate of drug-likeness (QED) is 0.254.